The van der Waals surface area contributed by atoms with Gasteiger partial charge in [-0.1, -0.05) is 23.9 Å². The number of thioether (sulfide) groups is 1. The number of hydrogen-bond donors (Lipinski definition) is 1. The molecule has 0 aliphatic rings. The number of halogens is 1. The molecular weight excluding hydrogens is 368 g/mol. The molecule has 3 rings (SSSR count). The summed E-state index contributed by atoms with van der Waals surface area (Å²) in [6, 6.07) is 8.57. The summed E-state index contributed by atoms with van der Waals surface area (Å²) in [6.07, 6.45) is 1.70. The summed E-state index contributed by atoms with van der Waals surface area (Å²) in [6.45, 7) is 1.99. The molecule has 0 aliphatic carbocycles. The van der Waals surface area contributed by atoms with E-state index in [-0.39, 0.29) is 15.9 Å². The Morgan fingerprint density at radius 2 is 2.23 bits per heavy atom. The number of rotatable bonds is 4. The van der Waals surface area contributed by atoms with Crippen LogP contribution in [-0.2, 0) is 0 Å². The lowest BCUT2D eigenvalue weighted by Crippen LogP contribution is -1.93. The van der Waals surface area contributed by atoms with Crippen molar-refractivity contribution in [3.05, 3.63) is 56.7 Å². The highest BCUT2D eigenvalue weighted by Crippen LogP contribution is 2.35. The highest BCUT2D eigenvalue weighted by molar-refractivity contribution is 9.10. The molecule has 0 aliphatic heterocycles. The maximum Gasteiger partial charge on any atom is 0.269 e. The van der Waals surface area contributed by atoms with Crippen molar-refractivity contribution in [2.45, 2.75) is 17.3 Å². The standard InChI is InChI=1S/C14H11BrN4O2S/c1-8(9-3-2-4-11(5-9)19(20)21)22-14-17-12-6-10(15)7-16-13(12)18-14/h2-8H,1H3,(H,16,17,18)/t8-/m1/s1. The molecule has 1 aromatic carbocycles. The van der Waals surface area contributed by atoms with Crippen molar-refractivity contribution in [2.75, 3.05) is 0 Å². The van der Waals surface area contributed by atoms with Crippen LogP contribution in [0.3, 0.4) is 0 Å². The average molecular weight is 379 g/mol. The Bertz CT molecular complexity index is 852. The number of pyridine rings is 1. The predicted molar refractivity (Wildman–Crippen MR) is 89.0 cm³/mol. The zero-order chi connectivity index (χ0) is 15.7. The van der Waals surface area contributed by atoms with E-state index in [0.29, 0.717) is 5.65 Å². The number of benzene rings is 1. The molecule has 6 nitrogen and oxygen atoms in total. The number of non-ortho nitro benzene ring substituents is 1. The number of nitrogens with one attached hydrogen (secondary N) is 1. The maximum atomic E-state index is 10.9. The molecule has 2 heterocycles. The predicted octanol–water partition coefficient (Wildman–Crippen LogP) is 4.48. The highest BCUT2D eigenvalue weighted by atomic mass is 79.9. The summed E-state index contributed by atoms with van der Waals surface area (Å²) >= 11 is 4.87. The fourth-order valence-corrected chi connectivity index (χ4v) is 3.29. The zero-order valence-corrected chi connectivity index (χ0v) is 13.9. The lowest BCUT2D eigenvalue weighted by molar-refractivity contribution is -0.384. The molecule has 3 aromatic rings. The molecule has 0 bridgehead atoms. The van der Waals surface area contributed by atoms with E-state index in [9.17, 15) is 10.1 Å². The van der Waals surface area contributed by atoms with Crippen molar-refractivity contribution in [1.29, 1.82) is 0 Å². The largest absolute Gasteiger partial charge is 0.331 e. The quantitative estimate of drug-likeness (QED) is 0.410. The van der Waals surface area contributed by atoms with Gasteiger partial charge in [-0.05, 0) is 34.5 Å². The number of nitro groups is 1. The van der Waals surface area contributed by atoms with Crippen molar-refractivity contribution in [3.63, 3.8) is 0 Å². The first-order chi connectivity index (χ1) is 10.5. The van der Waals surface area contributed by atoms with Crippen LogP contribution in [0.25, 0.3) is 11.2 Å². The van der Waals surface area contributed by atoms with Crippen LogP contribution < -0.4 is 0 Å². The third-order valence-electron chi connectivity index (χ3n) is 3.12. The van der Waals surface area contributed by atoms with Gasteiger partial charge in [-0.15, -0.1) is 0 Å². The van der Waals surface area contributed by atoms with Crippen molar-refractivity contribution >= 4 is 44.5 Å². The molecule has 0 fully saturated rings. The Hall–Kier alpha value is -1.93. The molecule has 0 saturated carbocycles. The van der Waals surface area contributed by atoms with Crippen LogP contribution in [0, 0.1) is 10.1 Å². The lowest BCUT2D eigenvalue weighted by Gasteiger charge is -2.09. The van der Waals surface area contributed by atoms with E-state index >= 15 is 0 Å². The number of imidazole rings is 1. The van der Waals surface area contributed by atoms with Crippen molar-refractivity contribution in [3.8, 4) is 0 Å². The van der Waals surface area contributed by atoms with Crippen LogP contribution in [0.4, 0.5) is 5.69 Å². The van der Waals surface area contributed by atoms with Crippen LogP contribution in [0.15, 0.2) is 46.2 Å². The minimum atomic E-state index is -0.385. The lowest BCUT2D eigenvalue weighted by atomic mass is 10.1. The molecule has 2 aromatic heterocycles. The number of aromatic nitrogens is 3. The normalized spacial score (nSPS) is 12.5. The topological polar surface area (TPSA) is 84.7 Å². The monoisotopic (exact) mass is 378 g/mol. The van der Waals surface area contributed by atoms with Crippen molar-refractivity contribution in [2.24, 2.45) is 0 Å². The van der Waals surface area contributed by atoms with Crippen molar-refractivity contribution < 1.29 is 4.92 Å². The van der Waals surface area contributed by atoms with E-state index in [0.717, 1.165) is 20.7 Å². The Labute approximate surface area is 138 Å². The summed E-state index contributed by atoms with van der Waals surface area (Å²) in [5.74, 6) is 0. The average Bonchev–Trinajstić information content (AvgIpc) is 2.88. The summed E-state index contributed by atoms with van der Waals surface area (Å²) in [5.41, 5.74) is 2.48. The smallest absolute Gasteiger partial charge is 0.269 e. The van der Waals surface area contributed by atoms with Crippen LogP contribution in [0.2, 0.25) is 0 Å². The molecule has 1 atom stereocenters. The van der Waals surface area contributed by atoms with E-state index in [1.54, 1.807) is 18.3 Å². The number of H-pyrrole nitrogens is 1. The van der Waals surface area contributed by atoms with Gasteiger partial charge in [0.1, 0.15) is 0 Å². The Morgan fingerprint density at radius 3 is 3.00 bits per heavy atom. The molecular formula is C14H11BrN4O2S. The van der Waals surface area contributed by atoms with E-state index in [4.69, 9.17) is 0 Å². The van der Waals surface area contributed by atoms with E-state index in [1.165, 1.54) is 17.8 Å². The van der Waals surface area contributed by atoms with Gasteiger partial charge in [-0.3, -0.25) is 10.1 Å². The number of nitrogens with zero attached hydrogens (tertiary/aromatic N) is 3. The molecule has 8 heteroatoms. The van der Waals surface area contributed by atoms with Gasteiger partial charge >= 0.3 is 0 Å². The van der Waals surface area contributed by atoms with Gasteiger partial charge in [0.2, 0.25) is 0 Å². The summed E-state index contributed by atoms with van der Waals surface area (Å²) in [7, 11) is 0. The maximum absolute atomic E-state index is 10.9. The molecule has 1 N–H and O–H groups in total. The third-order valence-corrected chi connectivity index (χ3v) is 4.60. The Kier molecular flexibility index (Phi) is 4.12. The first-order valence-corrected chi connectivity index (χ1v) is 8.12. The second-order valence-corrected chi connectivity index (χ2v) is 6.92. The fraction of sp³-hybridized carbons (Fsp3) is 0.143. The minimum Gasteiger partial charge on any atom is -0.331 e. The van der Waals surface area contributed by atoms with Crippen LogP contribution >= 0.6 is 27.7 Å². The van der Waals surface area contributed by atoms with E-state index in [2.05, 4.69) is 30.9 Å². The van der Waals surface area contributed by atoms with Crippen molar-refractivity contribution in [1.82, 2.24) is 15.0 Å². The molecule has 0 amide bonds. The SMILES string of the molecule is C[C@@H](Sc1nc2ncc(Br)cc2[nH]1)c1cccc([N+](=O)[O-])c1. The first kappa shape index (κ1) is 15.0. The van der Waals surface area contributed by atoms with Gasteiger partial charge in [-0.2, -0.15) is 0 Å². The molecule has 0 unspecified atom stereocenters. The Morgan fingerprint density at radius 1 is 1.41 bits per heavy atom. The molecule has 0 radical (unpaired) electrons. The van der Waals surface area contributed by atoms with Gasteiger partial charge in [0, 0.05) is 28.1 Å². The van der Waals surface area contributed by atoms with Crippen LogP contribution in [0.1, 0.15) is 17.7 Å². The number of nitro benzene ring substituents is 1. The van der Waals surface area contributed by atoms with Gasteiger partial charge in [0.05, 0.1) is 10.4 Å². The molecule has 112 valence electrons. The van der Waals surface area contributed by atoms with Gasteiger partial charge in [0.15, 0.2) is 10.8 Å². The Balaban J connectivity index is 1.84. The number of hydrogen-bond acceptors (Lipinski definition) is 5. The van der Waals surface area contributed by atoms with E-state index < -0.39 is 0 Å². The minimum absolute atomic E-state index is 0.0314. The van der Waals surface area contributed by atoms with E-state index in [1.807, 2.05) is 19.1 Å². The third kappa shape index (κ3) is 3.12. The summed E-state index contributed by atoms with van der Waals surface area (Å²) < 4.78 is 0.881. The van der Waals surface area contributed by atoms with Gasteiger partial charge in [0.25, 0.3) is 5.69 Å². The van der Waals surface area contributed by atoms with Gasteiger partial charge < -0.3 is 4.98 Å². The highest BCUT2D eigenvalue weighted by Gasteiger charge is 2.14. The number of aromatic amines is 1. The number of fused-ring (bicyclic) bond motifs is 1. The van der Waals surface area contributed by atoms with Gasteiger partial charge in [-0.25, -0.2) is 9.97 Å². The van der Waals surface area contributed by atoms with Crippen LogP contribution in [0.5, 0.6) is 0 Å². The second-order valence-electron chi connectivity index (χ2n) is 4.68. The molecule has 0 saturated heterocycles. The summed E-state index contributed by atoms with van der Waals surface area (Å²) in [4.78, 5) is 22.3. The second kappa shape index (κ2) is 6.05. The molecule has 22 heavy (non-hydrogen) atoms. The zero-order valence-electron chi connectivity index (χ0n) is 11.5. The summed E-state index contributed by atoms with van der Waals surface area (Å²) in [5, 5.41) is 11.6. The fourth-order valence-electron chi connectivity index (χ4n) is 2.04. The molecule has 0 spiro atoms. The first-order valence-electron chi connectivity index (χ1n) is 6.45. The van der Waals surface area contributed by atoms with Crippen LogP contribution in [-0.4, -0.2) is 19.9 Å².